The predicted octanol–water partition coefficient (Wildman–Crippen LogP) is 3.12. The van der Waals surface area contributed by atoms with E-state index in [1.54, 1.807) is 0 Å². The lowest BCUT2D eigenvalue weighted by molar-refractivity contribution is 0.0362. The highest BCUT2D eigenvalue weighted by Gasteiger charge is 2.21. The van der Waals surface area contributed by atoms with E-state index in [1.165, 1.54) is 6.92 Å². The summed E-state index contributed by atoms with van der Waals surface area (Å²) in [4.78, 5) is 0. The lowest BCUT2D eigenvalue weighted by atomic mass is 10.0. The van der Waals surface area contributed by atoms with E-state index in [-0.39, 0.29) is 0 Å². The van der Waals surface area contributed by atoms with Crippen LogP contribution in [0.15, 0.2) is 0 Å². The van der Waals surface area contributed by atoms with Gasteiger partial charge in [0.15, 0.2) is 0 Å². The summed E-state index contributed by atoms with van der Waals surface area (Å²) in [5.74, 6) is 0. The number of unbranched alkanes of at least 4 members (excludes halogenated alkanes) is 3. The number of alkyl halides is 1. The summed E-state index contributed by atoms with van der Waals surface area (Å²) in [6.07, 6.45) is 4.63. The Morgan fingerprint density at radius 2 is 1.91 bits per heavy atom. The molecule has 1 unspecified atom stereocenters. The van der Waals surface area contributed by atoms with Gasteiger partial charge >= 0.3 is 0 Å². The SMILES string of the molecule is CCCCCCC(C)(F)C[O]. The van der Waals surface area contributed by atoms with E-state index in [9.17, 15) is 9.50 Å². The van der Waals surface area contributed by atoms with Gasteiger partial charge in [-0.2, -0.15) is 0 Å². The van der Waals surface area contributed by atoms with Crippen molar-refractivity contribution >= 4 is 0 Å². The van der Waals surface area contributed by atoms with Gasteiger partial charge in [-0.3, -0.25) is 0 Å². The first-order valence-electron chi connectivity index (χ1n) is 4.39. The fourth-order valence-electron chi connectivity index (χ4n) is 0.993. The van der Waals surface area contributed by atoms with Gasteiger partial charge in [0.2, 0.25) is 0 Å². The van der Waals surface area contributed by atoms with E-state index in [2.05, 4.69) is 6.92 Å². The largest absolute Gasteiger partial charge is 0.242 e. The summed E-state index contributed by atoms with van der Waals surface area (Å²) in [7, 11) is 0. The molecule has 0 amide bonds. The lowest BCUT2D eigenvalue weighted by Gasteiger charge is -2.15. The maximum atomic E-state index is 12.9. The summed E-state index contributed by atoms with van der Waals surface area (Å²) in [6.45, 7) is 2.91. The number of hydrogen-bond acceptors (Lipinski definition) is 0. The highest BCUT2D eigenvalue weighted by atomic mass is 19.1. The molecule has 0 aromatic heterocycles. The molecule has 0 aromatic carbocycles. The van der Waals surface area contributed by atoms with E-state index in [0.717, 1.165) is 25.7 Å². The molecule has 11 heavy (non-hydrogen) atoms. The zero-order valence-electron chi connectivity index (χ0n) is 7.53. The minimum atomic E-state index is -1.46. The molecule has 67 valence electrons. The van der Waals surface area contributed by atoms with Gasteiger partial charge in [-0.25, -0.2) is 9.50 Å². The highest BCUT2D eigenvalue weighted by Crippen LogP contribution is 2.18. The Hall–Kier alpha value is -0.110. The van der Waals surface area contributed by atoms with Gasteiger partial charge in [0, 0.05) is 0 Å². The summed E-state index contributed by atoms with van der Waals surface area (Å²) < 4.78 is 12.9. The molecule has 0 saturated carbocycles. The zero-order valence-corrected chi connectivity index (χ0v) is 7.53. The van der Waals surface area contributed by atoms with Crippen molar-refractivity contribution in [3.63, 3.8) is 0 Å². The predicted molar refractivity (Wildman–Crippen MR) is 43.8 cm³/mol. The fraction of sp³-hybridized carbons (Fsp3) is 1.00. The van der Waals surface area contributed by atoms with Gasteiger partial charge in [-0.05, 0) is 13.3 Å². The average Bonchev–Trinajstić information content (AvgIpc) is 1.99. The molecule has 0 spiro atoms. The van der Waals surface area contributed by atoms with Gasteiger partial charge in [0.05, 0.1) is 0 Å². The quantitative estimate of drug-likeness (QED) is 0.533. The van der Waals surface area contributed by atoms with E-state index in [0.29, 0.717) is 6.42 Å². The molecule has 0 N–H and O–H groups in total. The van der Waals surface area contributed by atoms with Crippen LogP contribution in [-0.2, 0) is 5.11 Å². The standard InChI is InChI=1S/C9H18FO/c1-3-4-5-6-7-9(2,10)8-11/h3-8H2,1-2H3. The van der Waals surface area contributed by atoms with Crippen LogP contribution < -0.4 is 0 Å². The Morgan fingerprint density at radius 1 is 1.27 bits per heavy atom. The minimum absolute atomic E-state index is 0.427. The molecule has 1 nitrogen and oxygen atoms in total. The molecular formula is C9H18FO. The summed E-state index contributed by atoms with van der Waals surface area (Å²) >= 11 is 0. The Labute approximate surface area is 68.6 Å². The van der Waals surface area contributed by atoms with Crippen LogP contribution in [0.4, 0.5) is 4.39 Å². The molecule has 0 aromatic rings. The Bertz CT molecular complexity index is 91.6. The van der Waals surface area contributed by atoms with Crippen molar-refractivity contribution in [3.8, 4) is 0 Å². The third kappa shape index (κ3) is 6.29. The van der Waals surface area contributed by atoms with Gasteiger partial charge in [-0.1, -0.05) is 32.6 Å². The number of halogens is 1. The van der Waals surface area contributed by atoms with Crippen LogP contribution in [-0.4, -0.2) is 12.3 Å². The Balaban J connectivity index is 3.23. The first-order valence-corrected chi connectivity index (χ1v) is 4.39. The average molecular weight is 161 g/mol. The second-order valence-corrected chi connectivity index (χ2v) is 3.37. The third-order valence-corrected chi connectivity index (χ3v) is 1.85. The second kappa shape index (κ2) is 5.53. The van der Waals surface area contributed by atoms with Crippen molar-refractivity contribution < 1.29 is 9.50 Å². The van der Waals surface area contributed by atoms with Crippen LogP contribution in [0.2, 0.25) is 0 Å². The van der Waals surface area contributed by atoms with Crippen molar-refractivity contribution in [2.75, 3.05) is 6.61 Å². The molecule has 1 radical (unpaired) electrons. The number of rotatable bonds is 6. The van der Waals surface area contributed by atoms with Gasteiger partial charge in [0.25, 0.3) is 0 Å². The number of hydrogen-bond donors (Lipinski definition) is 0. The third-order valence-electron chi connectivity index (χ3n) is 1.85. The summed E-state index contributed by atoms with van der Waals surface area (Å²) in [5.41, 5.74) is -1.46. The van der Waals surface area contributed by atoms with E-state index >= 15 is 0 Å². The van der Waals surface area contributed by atoms with Crippen LogP contribution >= 0.6 is 0 Å². The Morgan fingerprint density at radius 3 is 2.36 bits per heavy atom. The van der Waals surface area contributed by atoms with Crippen molar-refractivity contribution in [1.29, 1.82) is 0 Å². The molecule has 0 rings (SSSR count). The van der Waals surface area contributed by atoms with Gasteiger partial charge in [0.1, 0.15) is 12.3 Å². The van der Waals surface area contributed by atoms with Crippen molar-refractivity contribution in [2.24, 2.45) is 0 Å². The van der Waals surface area contributed by atoms with Gasteiger partial charge in [-0.15, -0.1) is 0 Å². The molecule has 0 heterocycles. The smallest absolute Gasteiger partial charge is 0.134 e. The van der Waals surface area contributed by atoms with E-state index < -0.39 is 12.3 Å². The van der Waals surface area contributed by atoms with Crippen molar-refractivity contribution in [1.82, 2.24) is 0 Å². The van der Waals surface area contributed by atoms with E-state index in [4.69, 9.17) is 0 Å². The van der Waals surface area contributed by atoms with Crippen LogP contribution in [0.5, 0.6) is 0 Å². The molecule has 0 aliphatic carbocycles. The topological polar surface area (TPSA) is 19.9 Å². The molecule has 0 saturated heterocycles. The normalized spacial score (nSPS) is 16.4. The molecule has 0 fully saturated rings. The first kappa shape index (κ1) is 10.9. The minimum Gasteiger partial charge on any atom is -0.242 e. The van der Waals surface area contributed by atoms with Gasteiger partial charge < -0.3 is 0 Å². The second-order valence-electron chi connectivity index (χ2n) is 3.37. The molecule has 0 aliphatic rings. The monoisotopic (exact) mass is 161 g/mol. The summed E-state index contributed by atoms with van der Waals surface area (Å²) in [6, 6.07) is 0. The maximum absolute atomic E-state index is 12.9. The molecular weight excluding hydrogens is 143 g/mol. The fourth-order valence-corrected chi connectivity index (χ4v) is 0.993. The van der Waals surface area contributed by atoms with Crippen LogP contribution in [0.1, 0.15) is 46.0 Å². The van der Waals surface area contributed by atoms with Crippen molar-refractivity contribution in [3.05, 3.63) is 0 Å². The van der Waals surface area contributed by atoms with Crippen LogP contribution in [0, 0.1) is 0 Å². The maximum Gasteiger partial charge on any atom is 0.134 e. The van der Waals surface area contributed by atoms with E-state index in [1.807, 2.05) is 0 Å². The zero-order chi connectivity index (χ0) is 8.74. The lowest BCUT2D eigenvalue weighted by Crippen LogP contribution is -2.21. The molecule has 0 aliphatic heterocycles. The molecule has 2 heteroatoms. The summed E-state index contributed by atoms with van der Waals surface area (Å²) in [5, 5.41) is 10.2. The molecule has 0 bridgehead atoms. The van der Waals surface area contributed by atoms with Crippen molar-refractivity contribution in [2.45, 2.75) is 51.6 Å². The van der Waals surface area contributed by atoms with Crippen LogP contribution in [0.3, 0.4) is 0 Å². The highest BCUT2D eigenvalue weighted by molar-refractivity contribution is 4.70. The van der Waals surface area contributed by atoms with Crippen LogP contribution in [0.25, 0.3) is 0 Å². The first-order chi connectivity index (χ1) is 5.12. The molecule has 1 atom stereocenters. The Kier molecular flexibility index (Phi) is 5.47.